The van der Waals surface area contributed by atoms with Gasteiger partial charge in [0.05, 0.1) is 12.0 Å². The Hall–Kier alpha value is -1.30. The lowest BCUT2D eigenvalue weighted by Gasteiger charge is -2.23. The van der Waals surface area contributed by atoms with Crippen molar-refractivity contribution in [1.82, 2.24) is 10.6 Å². The molecule has 0 aliphatic rings. The molecule has 0 aliphatic carbocycles. The number of aliphatic carboxylic acids is 1. The second-order valence-corrected chi connectivity index (χ2v) is 5.94. The number of carboxylic acid groups (broad SMARTS) is 1. The number of hydrogen-bond acceptors (Lipinski definition) is 3. The van der Waals surface area contributed by atoms with E-state index in [0.717, 1.165) is 0 Å². The van der Waals surface area contributed by atoms with Crippen molar-refractivity contribution in [3.63, 3.8) is 0 Å². The minimum Gasteiger partial charge on any atom is -0.481 e. The topological polar surface area (TPSA) is 87.7 Å². The molecule has 2 amide bonds. The van der Waals surface area contributed by atoms with Crippen LogP contribution < -0.4 is 10.6 Å². The molecule has 0 radical (unpaired) electrons. The van der Waals surface area contributed by atoms with Gasteiger partial charge in [-0.3, -0.25) is 4.79 Å². The Morgan fingerprint density at radius 3 is 2.16 bits per heavy atom. The van der Waals surface area contributed by atoms with Crippen LogP contribution in [0.5, 0.6) is 0 Å². The Kier molecular flexibility index (Phi) is 7.44. The first kappa shape index (κ1) is 17.7. The predicted molar refractivity (Wildman–Crippen MR) is 73.1 cm³/mol. The molecule has 3 N–H and O–H groups in total. The maximum absolute atomic E-state index is 11.5. The Morgan fingerprint density at radius 2 is 1.74 bits per heavy atom. The molecular formula is C13H26N2O4. The van der Waals surface area contributed by atoms with E-state index in [9.17, 15) is 9.59 Å². The second kappa shape index (κ2) is 7.99. The van der Waals surface area contributed by atoms with Crippen LogP contribution in [0, 0.1) is 11.3 Å². The van der Waals surface area contributed by atoms with Crippen molar-refractivity contribution in [3.8, 4) is 0 Å². The molecule has 2 atom stereocenters. The highest BCUT2D eigenvalue weighted by Crippen LogP contribution is 2.24. The summed E-state index contributed by atoms with van der Waals surface area (Å²) in [6.45, 7) is 8.27. The summed E-state index contributed by atoms with van der Waals surface area (Å²) < 4.78 is 4.99. The highest BCUT2D eigenvalue weighted by molar-refractivity contribution is 5.75. The molecule has 6 nitrogen and oxygen atoms in total. The van der Waals surface area contributed by atoms with E-state index < -0.39 is 11.9 Å². The van der Waals surface area contributed by atoms with Gasteiger partial charge in [0.2, 0.25) is 0 Å². The predicted octanol–water partition coefficient (Wildman–Crippen LogP) is 1.46. The van der Waals surface area contributed by atoms with Crippen LogP contribution in [0.3, 0.4) is 0 Å². The minimum absolute atomic E-state index is 0.0735. The number of carboxylic acids is 1. The molecule has 112 valence electrons. The van der Waals surface area contributed by atoms with Crippen LogP contribution in [-0.2, 0) is 9.53 Å². The van der Waals surface area contributed by atoms with Crippen LogP contribution in [0.25, 0.3) is 0 Å². The largest absolute Gasteiger partial charge is 0.481 e. The lowest BCUT2D eigenvalue weighted by Crippen LogP contribution is -2.43. The SMILES string of the molecule is COC(C)CNC(=O)NCC(CC(C)(C)C)C(=O)O. The first-order chi connectivity index (χ1) is 8.65. The maximum Gasteiger partial charge on any atom is 0.314 e. The Morgan fingerprint density at radius 1 is 1.21 bits per heavy atom. The zero-order valence-corrected chi connectivity index (χ0v) is 12.4. The normalized spacial score (nSPS) is 14.6. The molecule has 0 aromatic rings. The molecule has 0 aliphatic heterocycles. The van der Waals surface area contributed by atoms with Gasteiger partial charge in [0.15, 0.2) is 0 Å². The number of ether oxygens (including phenoxy) is 1. The van der Waals surface area contributed by atoms with Crippen LogP contribution in [0.15, 0.2) is 0 Å². The number of amides is 2. The van der Waals surface area contributed by atoms with Crippen molar-refractivity contribution in [3.05, 3.63) is 0 Å². The first-order valence-electron chi connectivity index (χ1n) is 6.43. The van der Waals surface area contributed by atoms with E-state index in [1.807, 2.05) is 27.7 Å². The first-order valence-corrected chi connectivity index (χ1v) is 6.43. The highest BCUT2D eigenvalue weighted by Gasteiger charge is 2.24. The third-order valence-corrected chi connectivity index (χ3v) is 2.67. The Bertz CT molecular complexity index is 300. The third-order valence-electron chi connectivity index (χ3n) is 2.67. The number of methoxy groups -OCH3 is 1. The monoisotopic (exact) mass is 274 g/mol. The number of urea groups is 1. The van der Waals surface area contributed by atoms with E-state index in [4.69, 9.17) is 9.84 Å². The van der Waals surface area contributed by atoms with E-state index in [2.05, 4.69) is 10.6 Å². The molecule has 0 fully saturated rings. The van der Waals surface area contributed by atoms with E-state index in [-0.39, 0.29) is 24.1 Å². The molecule has 0 saturated carbocycles. The van der Waals surface area contributed by atoms with Crippen molar-refractivity contribution in [2.75, 3.05) is 20.2 Å². The summed E-state index contributed by atoms with van der Waals surface area (Å²) in [4.78, 5) is 22.6. The molecule has 2 unspecified atom stereocenters. The third kappa shape index (κ3) is 9.30. The van der Waals surface area contributed by atoms with Gasteiger partial charge in [0.25, 0.3) is 0 Å². The van der Waals surface area contributed by atoms with Gasteiger partial charge in [-0.1, -0.05) is 20.8 Å². The fraction of sp³-hybridized carbons (Fsp3) is 0.846. The average molecular weight is 274 g/mol. The van der Waals surface area contributed by atoms with Crippen LogP contribution in [0.1, 0.15) is 34.1 Å². The lowest BCUT2D eigenvalue weighted by atomic mass is 9.84. The van der Waals surface area contributed by atoms with E-state index in [1.54, 1.807) is 7.11 Å². The van der Waals surface area contributed by atoms with Crippen molar-refractivity contribution in [2.24, 2.45) is 11.3 Å². The summed E-state index contributed by atoms with van der Waals surface area (Å²) in [5, 5.41) is 14.3. The fourth-order valence-corrected chi connectivity index (χ4v) is 1.58. The second-order valence-electron chi connectivity index (χ2n) is 5.94. The summed E-state index contributed by atoms with van der Waals surface area (Å²) in [6.07, 6.45) is 0.437. The molecule has 0 rings (SSSR count). The number of nitrogens with one attached hydrogen (secondary N) is 2. The number of rotatable bonds is 7. The zero-order chi connectivity index (χ0) is 15.1. The zero-order valence-electron chi connectivity index (χ0n) is 12.4. The van der Waals surface area contributed by atoms with Crippen molar-refractivity contribution in [2.45, 2.75) is 40.2 Å². The van der Waals surface area contributed by atoms with Crippen molar-refractivity contribution >= 4 is 12.0 Å². The highest BCUT2D eigenvalue weighted by atomic mass is 16.5. The van der Waals surface area contributed by atoms with Crippen molar-refractivity contribution < 1.29 is 19.4 Å². The summed E-state index contributed by atoms with van der Waals surface area (Å²) in [7, 11) is 1.56. The van der Waals surface area contributed by atoms with E-state index in [1.165, 1.54) is 0 Å². The lowest BCUT2D eigenvalue weighted by molar-refractivity contribution is -0.142. The average Bonchev–Trinajstić information content (AvgIpc) is 2.29. The standard InChI is InChI=1S/C13H26N2O4/c1-9(19-5)7-14-12(18)15-8-10(11(16)17)6-13(2,3)4/h9-10H,6-8H2,1-5H3,(H,16,17)(H2,14,15,18). The quantitative estimate of drug-likeness (QED) is 0.656. The number of carbonyl (C=O) groups excluding carboxylic acids is 1. The van der Waals surface area contributed by atoms with Gasteiger partial charge in [-0.15, -0.1) is 0 Å². The molecule has 0 spiro atoms. The smallest absolute Gasteiger partial charge is 0.314 e. The van der Waals surface area contributed by atoms with E-state index in [0.29, 0.717) is 13.0 Å². The van der Waals surface area contributed by atoms with Gasteiger partial charge >= 0.3 is 12.0 Å². The fourth-order valence-electron chi connectivity index (χ4n) is 1.58. The van der Waals surface area contributed by atoms with Crippen LogP contribution >= 0.6 is 0 Å². The molecule has 6 heteroatoms. The van der Waals surface area contributed by atoms with Gasteiger partial charge in [-0.25, -0.2) is 4.79 Å². The molecule has 0 heterocycles. The van der Waals surface area contributed by atoms with Gasteiger partial charge in [-0.05, 0) is 18.8 Å². The van der Waals surface area contributed by atoms with Gasteiger partial charge in [0.1, 0.15) is 0 Å². The molecule has 0 aromatic heterocycles. The summed E-state index contributed by atoms with van der Waals surface area (Å²) in [5.41, 5.74) is -0.0915. The summed E-state index contributed by atoms with van der Waals surface area (Å²) >= 11 is 0. The molecular weight excluding hydrogens is 248 g/mol. The van der Waals surface area contributed by atoms with Crippen molar-refractivity contribution in [1.29, 1.82) is 0 Å². The van der Waals surface area contributed by atoms with Gasteiger partial charge in [-0.2, -0.15) is 0 Å². The Labute approximate surface area is 114 Å². The molecule has 0 saturated heterocycles. The van der Waals surface area contributed by atoms with E-state index >= 15 is 0 Å². The summed E-state index contributed by atoms with van der Waals surface area (Å²) in [5.74, 6) is -1.47. The molecule has 19 heavy (non-hydrogen) atoms. The number of hydrogen-bond donors (Lipinski definition) is 3. The van der Waals surface area contributed by atoms with Gasteiger partial charge in [0, 0.05) is 20.2 Å². The van der Waals surface area contributed by atoms with Crippen LogP contribution in [-0.4, -0.2) is 43.4 Å². The minimum atomic E-state index is -0.888. The molecule has 0 bridgehead atoms. The number of carbonyl (C=O) groups is 2. The van der Waals surface area contributed by atoms with Gasteiger partial charge < -0.3 is 20.5 Å². The van der Waals surface area contributed by atoms with Crippen LogP contribution in [0.2, 0.25) is 0 Å². The maximum atomic E-state index is 11.5. The van der Waals surface area contributed by atoms with Crippen LogP contribution in [0.4, 0.5) is 4.79 Å². The Balaban J connectivity index is 4.11. The summed E-state index contributed by atoms with van der Waals surface area (Å²) in [6, 6.07) is -0.371. The molecule has 0 aromatic carbocycles.